The maximum Gasteiger partial charge on any atom is 0.259 e. The predicted molar refractivity (Wildman–Crippen MR) is 158 cm³/mol. The number of nitrogens with one attached hydrogen (secondary N) is 3. The van der Waals surface area contributed by atoms with Crippen molar-refractivity contribution in [2.24, 2.45) is 12.5 Å². The van der Waals surface area contributed by atoms with Gasteiger partial charge in [-0.2, -0.15) is 0 Å². The molecule has 0 saturated heterocycles. The minimum absolute atomic E-state index is 0.0548. The number of amides is 2. The van der Waals surface area contributed by atoms with E-state index in [1.165, 1.54) is 12.1 Å². The topological polar surface area (TPSA) is 108 Å². The third kappa shape index (κ3) is 6.08. The zero-order valence-corrected chi connectivity index (χ0v) is 24.3. The molecule has 11 heteroatoms. The van der Waals surface area contributed by atoms with Gasteiger partial charge in [-0.25, -0.2) is 4.98 Å². The molecular weight excluding hydrogens is 561 g/mol. The molecule has 0 fully saturated rings. The molecule has 0 aliphatic heterocycles. The molecule has 0 saturated carbocycles. The first-order valence-electron chi connectivity index (χ1n) is 12.1. The van der Waals surface area contributed by atoms with Crippen LogP contribution in [0.2, 0.25) is 15.1 Å². The van der Waals surface area contributed by atoms with E-state index < -0.39 is 11.3 Å². The number of rotatable bonds is 6. The van der Waals surface area contributed by atoms with E-state index in [2.05, 4.69) is 20.9 Å². The second-order valence-corrected chi connectivity index (χ2v) is 11.4. The van der Waals surface area contributed by atoms with Crippen molar-refractivity contribution < 1.29 is 14.7 Å². The molecule has 4 aromatic rings. The monoisotopic (exact) mass is 587 g/mol. The van der Waals surface area contributed by atoms with Crippen molar-refractivity contribution in [3.8, 4) is 5.75 Å². The Kier molecular flexibility index (Phi) is 8.02. The summed E-state index contributed by atoms with van der Waals surface area (Å²) in [6.07, 6.45) is 0. The third-order valence-electron chi connectivity index (χ3n) is 6.22. The number of carbonyl (C=O) groups excluding carboxylic acids is 2. The molecular formula is C28H28Cl3N5O3. The zero-order valence-electron chi connectivity index (χ0n) is 22.0. The van der Waals surface area contributed by atoms with Gasteiger partial charge in [-0.3, -0.25) is 9.59 Å². The number of nitrogens with zero attached hydrogens (tertiary/aromatic N) is 2. The Labute approximate surface area is 241 Å². The summed E-state index contributed by atoms with van der Waals surface area (Å²) in [4.78, 5) is 29.9. The summed E-state index contributed by atoms with van der Waals surface area (Å²) in [5.41, 5.74) is 3.01. The van der Waals surface area contributed by atoms with E-state index in [0.29, 0.717) is 49.0 Å². The SMILES string of the molecule is Cc1ccc(Cl)cc1NC(=O)c1cc2nc(Nc3c(Cl)ccc(CNC(=O)C(C)(C)C)c3Cl)n(C)c2cc1O. The third-order valence-corrected chi connectivity index (χ3v) is 7.20. The van der Waals surface area contributed by atoms with Crippen LogP contribution in [0.3, 0.4) is 0 Å². The highest BCUT2D eigenvalue weighted by Gasteiger charge is 2.22. The van der Waals surface area contributed by atoms with Gasteiger partial charge >= 0.3 is 0 Å². The summed E-state index contributed by atoms with van der Waals surface area (Å²) >= 11 is 19.2. The van der Waals surface area contributed by atoms with Crippen molar-refractivity contribution in [2.45, 2.75) is 34.2 Å². The smallest absolute Gasteiger partial charge is 0.259 e. The number of phenolic OH excluding ortho intramolecular Hbond substituents is 1. The summed E-state index contributed by atoms with van der Waals surface area (Å²) in [6.45, 7) is 7.55. The van der Waals surface area contributed by atoms with E-state index in [4.69, 9.17) is 34.8 Å². The van der Waals surface area contributed by atoms with Crippen LogP contribution in [0.4, 0.5) is 17.3 Å². The molecule has 0 aliphatic rings. The summed E-state index contributed by atoms with van der Waals surface area (Å²) in [5.74, 6) is -0.436. The Balaban J connectivity index is 1.63. The number of fused-ring (bicyclic) bond motifs is 1. The highest BCUT2D eigenvalue weighted by Crippen LogP contribution is 2.37. The molecule has 39 heavy (non-hydrogen) atoms. The number of anilines is 3. The summed E-state index contributed by atoms with van der Waals surface area (Å²) < 4.78 is 1.71. The van der Waals surface area contributed by atoms with Crippen molar-refractivity contribution in [3.63, 3.8) is 0 Å². The molecule has 0 unspecified atom stereocenters. The molecule has 3 aromatic carbocycles. The number of hydrogen-bond donors (Lipinski definition) is 4. The Hall–Kier alpha value is -3.46. The fourth-order valence-electron chi connectivity index (χ4n) is 3.84. The van der Waals surface area contributed by atoms with Gasteiger partial charge < -0.3 is 25.6 Å². The highest BCUT2D eigenvalue weighted by molar-refractivity contribution is 6.39. The van der Waals surface area contributed by atoms with Crippen LogP contribution in [-0.2, 0) is 18.4 Å². The number of imidazole rings is 1. The zero-order chi connectivity index (χ0) is 28.6. The predicted octanol–water partition coefficient (Wildman–Crippen LogP) is 7.21. The molecule has 8 nitrogen and oxygen atoms in total. The standard InChI is InChI=1S/C28H28Cl3N5O3/c1-14-6-8-16(29)10-19(14)33-25(38)17-11-20-21(12-22(17)37)36(5)27(34-20)35-24-18(30)9-7-15(23(24)31)13-32-26(39)28(2,3)4/h6-12,37H,13H2,1-5H3,(H,32,39)(H,33,38)(H,34,35). The molecule has 0 spiro atoms. The lowest BCUT2D eigenvalue weighted by Gasteiger charge is -2.19. The first-order valence-corrected chi connectivity index (χ1v) is 13.2. The second-order valence-electron chi connectivity index (χ2n) is 10.2. The number of benzene rings is 3. The van der Waals surface area contributed by atoms with Crippen molar-refractivity contribution in [3.05, 3.63) is 74.2 Å². The van der Waals surface area contributed by atoms with E-state index >= 15 is 0 Å². The lowest BCUT2D eigenvalue weighted by Crippen LogP contribution is -2.34. The average Bonchev–Trinajstić information content (AvgIpc) is 3.16. The van der Waals surface area contributed by atoms with Crippen LogP contribution in [0, 0.1) is 12.3 Å². The summed E-state index contributed by atoms with van der Waals surface area (Å²) in [7, 11) is 1.75. The molecule has 4 N–H and O–H groups in total. The normalized spacial score (nSPS) is 11.5. The number of aromatic nitrogens is 2. The first kappa shape index (κ1) is 28.5. The van der Waals surface area contributed by atoms with Crippen LogP contribution in [0.5, 0.6) is 5.75 Å². The Morgan fingerprint density at radius 1 is 1.05 bits per heavy atom. The van der Waals surface area contributed by atoms with Gasteiger partial charge in [-0.15, -0.1) is 0 Å². The van der Waals surface area contributed by atoms with Gasteiger partial charge in [0.05, 0.1) is 32.3 Å². The van der Waals surface area contributed by atoms with Gasteiger partial charge in [-0.1, -0.05) is 67.7 Å². The minimum atomic E-state index is -0.540. The molecule has 0 bridgehead atoms. The van der Waals surface area contributed by atoms with Crippen LogP contribution < -0.4 is 16.0 Å². The molecule has 2 amide bonds. The number of aryl methyl sites for hydroxylation is 2. The van der Waals surface area contributed by atoms with Crippen molar-refractivity contribution in [2.75, 3.05) is 10.6 Å². The maximum absolute atomic E-state index is 13.0. The van der Waals surface area contributed by atoms with E-state index in [0.717, 1.165) is 5.56 Å². The second kappa shape index (κ2) is 11.0. The van der Waals surface area contributed by atoms with Gasteiger partial charge in [0, 0.05) is 35.8 Å². The number of phenols is 1. The number of carbonyl (C=O) groups is 2. The fourth-order valence-corrected chi connectivity index (χ4v) is 4.54. The lowest BCUT2D eigenvalue weighted by molar-refractivity contribution is -0.128. The largest absolute Gasteiger partial charge is 0.507 e. The van der Waals surface area contributed by atoms with Crippen molar-refractivity contribution >= 4 is 75.0 Å². The van der Waals surface area contributed by atoms with E-state index in [-0.39, 0.29) is 23.8 Å². The van der Waals surface area contributed by atoms with Crippen molar-refractivity contribution in [1.82, 2.24) is 14.9 Å². The fraction of sp³-hybridized carbons (Fsp3) is 0.250. The van der Waals surface area contributed by atoms with Crippen LogP contribution in [0.15, 0.2) is 42.5 Å². The van der Waals surface area contributed by atoms with Gasteiger partial charge in [0.1, 0.15) is 5.75 Å². The first-order chi connectivity index (χ1) is 18.3. The number of halogens is 3. The van der Waals surface area contributed by atoms with Crippen LogP contribution in [-0.4, -0.2) is 26.5 Å². The molecule has 1 aromatic heterocycles. The Bertz CT molecular complexity index is 1610. The maximum atomic E-state index is 13.0. The van der Waals surface area contributed by atoms with Gasteiger partial charge in [0.2, 0.25) is 11.9 Å². The van der Waals surface area contributed by atoms with Crippen LogP contribution >= 0.6 is 34.8 Å². The molecule has 1 heterocycles. The molecule has 4 rings (SSSR count). The Morgan fingerprint density at radius 2 is 1.77 bits per heavy atom. The lowest BCUT2D eigenvalue weighted by atomic mass is 9.95. The van der Waals surface area contributed by atoms with Gasteiger partial charge in [-0.05, 0) is 42.3 Å². The molecule has 0 atom stereocenters. The molecule has 204 valence electrons. The molecule has 0 aliphatic carbocycles. The Morgan fingerprint density at radius 3 is 2.46 bits per heavy atom. The van der Waals surface area contributed by atoms with Crippen molar-refractivity contribution in [1.29, 1.82) is 0 Å². The summed E-state index contributed by atoms with van der Waals surface area (Å²) in [5, 5.41) is 20.7. The highest BCUT2D eigenvalue weighted by atomic mass is 35.5. The van der Waals surface area contributed by atoms with Gasteiger partial charge in [0.15, 0.2) is 0 Å². The van der Waals surface area contributed by atoms with E-state index in [1.54, 1.807) is 41.9 Å². The number of hydrogen-bond acceptors (Lipinski definition) is 5. The summed E-state index contributed by atoms with van der Waals surface area (Å²) in [6, 6.07) is 11.6. The van der Waals surface area contributed by atoms with E-state index in [9.17, 15) is 14.7 Å². The minimum Gasteiger partial charge on any atom is -0.507 e. The average molecular weight is 589 g/mol. The van der Waals surface area contributed by atoms with E-state index in [1.807, 2.05) is 27.7 Å². The quantitative estimate of drug-likeness (QED) is 0.190. The number of aromatic hydroxyl groups is 1. The molecule has 0 radical (unpaired) electrons. The van der Waals surface area contributed by atoms with Crippen LogP contribution in [0.1, 0.15) is 42.3 Å². The van der Waals surface area contributed by atoms with Gasteiger partial charge in [0.25, 0.3) is 5.91 Å². The van der Waals surface area contributed by atoms with Crippen LogP contribution in [0.25, 0.3) is 11.0 Å².